The van der Waals surface area contributed by atoms with Crippen LogP contribution in [0.2, 0.25) is 20.6 Å². The van der Waals surface area contributed by atoms with Gasteiger partial charge in [0.25, 0.3) is 8.32 Å². The van der Waals surface area contributed by atoms with Gasteiger partial charge in [0.2, 0.25) is 5.28 Å². The second-order valence-corrected chi connectivity index (χ2v) is 19.8. The summed E-state index contributed by atoms with van der Waals surface area (Å²) in [5, 5.41) is 1.53. The second kappa shape index (κ2) is 13.0. The van der Waals surface area contributed by atoms with Crippen LogP contribution in [-0.4, -0.2) is 71.1 Å². The summed E-state index contributed by atoms with van der Waals surface area (Å²) >= 11 is 19.2. The normalized spacial score (nSPS) is 20.0. The van der Waals surface area contributed by atoms with Crippen molar-refractivity contribution in [1.29, 1.82) is 0 Å². The van der Waals surface area contributed by atoms with Crippen molar-refractivity contribution in [2.45, 2.75) is 83.1 Å². The van der Waals surface area contributed by atoms with Crippen molar-refractivity contribution in [3.05, 3.63) is 82.1 Å². The average molecular weight is 731 g/mol. The average Bonchev–Trinajstić information content (AvgIpc) is 3.35. The Morgan fingerprint density at radius 2 is 1.50 bits per heavy atom. The predicted molar refractivity (Wildman–Crippen MR) is 192 cm³/mol. The number of anilines is 1. The molecule has 4 aromatic rings. The molecule has 2 fully saturated rings. The lowest BCUT2D eigenvalue weighted by Crippen LogP contribution is -2.69. The molecule has 0 saturated carbocycles. The smallest absolute Gasteiger partial charge is 0.410 e. The third-order valence-corrected chi connectivity index (χ3v) is 14.9. The van der Waals surface area contributed by atoms with E-state index in [9.17, 15) is 4.79 Å². The molecule has 48 heavy (non-hydrogen) atoms. The van der Waals surface area contributed by atoms with Gasteiger partial charge in [0.05, 0.1) is 30.1 Å². The first kappa shape index (κ1) is 34.8. The van der Waals surface area contributed by atoms with Crippen molar-refractivity contribution in [3.8, 4) is 0 Å². The number of piperazine rings is 1. The Hall–Kier alpha value is -3.02. The van der Waals surface area contributed by atoms with Gasteiger partial charge in [-0.1, -0.05) is 105 Å². The summed E-state index contributed by atoms with van der Waals surface area (Å²) in [5.74, 6) is -0.521. The molecule has 0 N–H and O–H groups in total. The number of benzene rings is 2. The van der Waals surface area contributed by atoms with Gasteiger partial charge in [-0.25, -0.2) is 19.2 Å². The molecule has 1 amide bonds. The zero-order valence-corrected chi connectivity index (χ0v) is 31.1. The Kier molecular flexibility index (Phi) is 9.45. The minimum absolute atomic E-state index is 0.0448. The minimum Gasteiger partial charge on any atom is -0.444 e. The number of carbonyl (C=O) groups excluding carboxylic acids is 1. The van der Waals surface area contributed by atoms with E-state index >= 15 is 4.39 Å². The van der Waals surface area contributed by atoms with Crippen LogP contribution in [-0.2, 0) is 9.16 Å². The van der Waals surface area contributed by atoms with Crippen LogP contribution in [0.1, 0.15) is 54.4 Å². The second-order valence-electron chi connectivity index (χ2n) is 14.4. The van der Waals surface area contributed by atoms with Crippen molar-refractivity contribution in [2.24, 2.45) is 0 Å². The molecule has 2 aromatic carbocycles. The zero-order chi connectivity index (χ0) is 34.6. The first-order valence-electron chi connectivity index (χ1n) is 16.0. The summed E-state index contributed by atoms with van der Waals surface area (Å²) in [6.45, 7) is 12.8. The molecule has 2 aliphatic heterocycles. The van der Waals surface area contributed by atoms with E-state index in [0.29, 0.717) is 18.8 Å². The number of fused-ring (bicyclic) bond motifs is 3. The fourth-order valence-corrected chi connectivity index (χ4v) is 12.5. The molecule has 2 saturated heterocycles. The molecule has 13 heteroatoms. The van der Waals surface area contributed by atoms with Crippen LogP contribution in [0.15, 0.2) is 60.7 Å². The Bertz CT molecular complexity index is 1780. The van der Waals surface area contributed by atoms with Crippen LogP contribution in [0.3, 0.4) is 0 Å². The quantitative estimate of drug-likeness (QED) is 0.115. The Morgan fingerprint density at radius 1 is 0.896 bits per heavy atom. The number of nitrogens with zero attached hydrogens (tertiary/aromatic N) is 5. The lowest BCUT2D eigenvalue weighted by atomic mass is 10.0. The van der Waals surface area contributed by atoms with E-state index in [1.807, 2.05) is 67.0 Å². The summed E-state index contributed by atoms with van der Waals surface area (Å²) in [4.78, 5) is 30.5. The third kappa shape index (κ3) is 6.26. The summed E-state index contributed by atoms with van der Waals surface area (Å²) in [6.07, 6.45) is 1.06. The Labute approximate surface area is 296 Å². The molecule has 254 valence electrons. The van der Waals surface area contributed by atoms with E-state index in [0.717, 1.165) is 16.8 Å². The van der Waals surface area contributed by atoms with Gasteiger partial charge >= 0.3 is 6.09 Å². The number of amides is 1. The molecule has 0 unspecified atom stereocenters. The number of carbonyl (C=O) groups is 1. The molecule has 0 aliphatic carbocycles. The number of halogens is 4. The van der Waals surface area contributed by atoms with E-state index in [4.69, 9.17) is 44.0 Å². The van der Waals surface area contributed by atoms with Crippen molar-refractivity contribution in [3.63, 3.8) is 0 Å². The molecular formula is C35H39Cl3FN5O3Si. The molecule has 3 atom stereocenters. The third-order valence-electron chi connectivity index (χ3n) is 9.22. The topological polar surface area (TPSA) is 80.7 Å². The van der Waals surface area contributed by atoms with E-state index in [2.05, 4.69) is 60.0 Å². The summed E-state index contributed by atoms with van der Waals surface area (Å²) in [6, 6.07) is 19.7. The molecule has 6 rings (SSSR count). The van der Waals surface area contributed by atoms with Gasteiger partial charge in [-0.3, -0.25) is 4.90 Å². The number of pyridine rings is 1. The van der Waals surface area contributed by atoms with Gasteiger partial charge in [0.15, 0.2) is 11.0 Å². The largest absolute Gasteiger partial charge is 0.444 e. The van der Waals surface area contributed by atoms with Crippen LogP contribution >= 0.6 is 34.8 Å². The van der Waals surface area contributed by atoms with Gasteiger partial charge in [-0.15, -0.1) is 0 Å². The fourth-order valence-electron chi connectivity index (χ4n) is 7.32. The fraction of sp³-hybridized carbons (Fsp3) is 0.429. The highest BCUT2D eigenvalue weighted by Crippen LogP contribution is 2.43. The minimum atomic E-state index is -3.01. The molecule has 2 aliphatic rings. The van der Waals surface area contributed by atoms with Gasteiger partial charge in [-0.05, 0) is 60.6 Å². The highest BCUT2D eigenvalue weighted by molar-refractivity contribution is 6.99. The number of rotatable bonds is 6. The zero-order valence-electron chi connectivity index (χ0n) is 27.8. The number of ether oxygens (including phenoxy) is 1. The van der Waals surface area contributed by atoms with E-state index in [1.54, 1.807) is 0 Å². The van der Waals surface area contributed by atoms with Crippen molar-refractivity contribution < 1.29 is 18.3 Å². The standard InChI is InChI=1S/C35H39Cl3FN5O3Si/c1-34(2,3)47-33(45)44-21-17-18-24(44)25(43(19-21)31-26-28(40-32(38)42-31)27(39)30(37)41-29(26)36)20-46-48(35(4,5)6,22-13-9-7-10-14-22)23-15-11-8-12-16-23/h7-16,21,24-25H,17-20H2,1-6H3/t21-,24+,25-/m1/s1. The number of hydrogen-bond donors (Lipinski definition) is 0. The molecule has 2 aromatic heterocycles. The maximum Gasteiger partial charge on any atom is 0.410 e. The molecule has 0 radical (unpaired) electrons. The van der Waals surface area contributed by atoms with Gasteiger partial charge < -0.3 is 14.1 Å². The van der Waals surface area contributed by atoms with Crippen LogP contribution in [0.4, 0.5) is 15.0 Å². The van der Waals surface area contributed by atoms with Crippen molar-refractivity contribution >= 4 is 76.3 Å². The molecule has 4 heterocycles. The van der Waals surface area contributed by atoms with Crippen LogP contribution in [0, 0.1) is 5.82 Å². The number of hydrogen-bond acceptors (Lipinski definition) is 7. The summed E-state index contributed by atoms with van der Waals surface area (Å²) < 4.78 is 28.8. The molecular weight excluding hydrogens is 692 g/mol. The van der Waals surface area contributed by atoms with Gasteiger partial charge in [-0.2, -0.15) is 4.98 Å². The first-order valence-corrected chi connectivity index (χ1v) is 19.1. The van der Waals surface area contributed by atoms with E-state index in [-0.39, 0.29) is 51.2 Å². The maximum atomic E-state index is 15.4. The highest BCUT2D eigenvalue weighted by Gasteiger charge is 2.54. The Morgan fingerprint density at radius 3 is 2.06 bits per heavy atom. The van der Waals surface area contributed by atoms with Crippen LogP contribution < -0.4 is 15.3 Å². The van der Waals surface area contributed by atoms with Crippen molar-refractivity contribution in [2.75, 3.05) is 18.1 Å². The molecule has 2 bridgehead atoms. The number of aromatic nitrogens is 3. The van der Waals surface area contributed by atoms with Gasteiger partial charge in [0.1, 0.15) is 22.1 Å². The summed E-state index contributed by atoms with van der Waals surface area (Å²) in [5.41, 5.74) is -0.801. The molecule has 0 spiro atoms. The molecule has 8 nitrogen and oxygen atoms in total. The van der Waals surface area contributed by atoms with E-state index in [1.165, 1.54) is 0 Å². The lowest BCUT2D eigenvalue weighted by Gasteiger charge is -2.50. The lowest BCUT2D eigenvalue weighted by molar-refractivity contribution is 0.00500. The van der Waals surface area contributed by atoms with Crippen LogP contribution in [0.5, 0.6) is 0 Å². The monoisotopic (exact) mass is 729 g/mol. The van der Waals surface area contributed by atoms with Gasteiger partial charge in [0, 0.05) is 6.54 Å². The first-order chi connectivity index (χ1) is 22.6. The van der Waals surface area contributed by atoms with Crippen LogP contribution in [0.25, 0.3) is 10.9 Å². The maximum absolute atomic E-state index is 15.4. The van der Waals surface area contributed by atoms with E-state index < -0.39 is 30.9 Å². The Balaban J connectivity index is 1.52. The SMILES string of the molecule is CC(C)(C)OC(=O)N1[C@@H]2CC[C@H]1[C@@H](CO[Si](c1ccccc1)(c1ccccc1)C(C)(C)C)N(c1nc(Cl)nc3c(F)c(Cl)nc(Cl)c13)C2. The predicted octanol–water partition coefficient (Wildman–Crippen LogP) is 7.66. The van der Waals surface area contributed by atoms with Crippen molar-refractivity contribution in [1.82, 2.24) is 19.9 Å². The highest BCUT2D eigenvalue weighted by atomic mass is 35.5. The summed E-state index contributed by atoms with van der Waals surface area (Å²) in [7, 11) is -3.01.